The van der Waals surface area contributed by atoms with Gasteiger partial charge in [-0.1, -0.05) is 0 Å². The normalized spacial score (nSPS) is 18.3. The van der Waals surface area contributed by atoms with Gasteiger partial charge in [-0.05, 0) is 0 Å². The van der Waals surface area contributed by atoms with Crippen molar-refractivity contribution in [2.45, 2.75) is 100 Å². The van der Waals surface area contributed by atoms with Crippen LogP contribution >= 0.6 is 0 Å². The van der Waals surface area contributed by atoms with E-state index in [4.69, 9.17) is 0 Å². The maximum Gasteiger partial charge on any atom is -1.00 e. The predicted octanol–water partition coefficient (Wildman–Crippen LogP) is 2.37. The summed E-state index contributed by atoms with van der Waals surface area (Å²) in [5.74, 6) is 0. The Labute approximate surface area is 184 Å². The van der Waals surface area contributed by atoms with E-state index in [1.165, 1.54) is 77.0 Å². The van der Waals surface area contributed by atoms with Crippen LogP contribution in [0.3, 0.4) is 0 Å². The summed E-state index contributed by atoms with van der Waals surface area (Å²) in [5, 5.41) is 0. The van der Waals surface area contributed by atoms with E-state index in [0.717, 1.165) is 0 Å². The van der Waals surface area contributed by atoms with Crippen molar-refractivity contribution >= 4 is 0 Å². The molecule has 0 spiro atoms. The van der Waals surface area contributed by atoms with Gasteiger partial charge in [-0.25, -0.2) is 0 Å². The van der Waals surface area contributed by atoms with Gasteiger partial charge in [-0.15, -0.1) is 0 Å². The number of allylic oxidation sites excluding steroid dienone is 8. The van der Waals surface area contributed by atoms with Gasteiger partial charge in [0.15, 0.2) is 0 Å². The van der Waals surface area contributed by atoms with Gasteiger partial charge in [-0.2, -0.15) is 0 Å². The van der Waals surface area contributed by atoms with Gasteiger partial charge >= 0.3 is 160 Å². The molecule has 0 amide bonds. The zero-order valence-electron chi connectivity index (χ0n) is 17.5. The molecule has 0 bridgehead atoms. The van der Waals surface area contributed by atoms with Crippen molar-refractivity contribution in [2.75, 3.05) is 0 Å². The molecule has 0 unspecified atom stereocenters. The summed E-state index contributed by atoms with van der Waals surface area (Å²) in [5.41, 5.74) is 3.58. The van der Waals surface area contributed by atoms with Gasteiger partial charge in [0, 0.05) is 0 Å². The van der Waals surface area contributed by atoms with Crippen molar-refractivity contribution in [3.8, 4) is 0 Å². The first-order chi connectivity index (χ1) is 12.3. The van der Waals surface area contributed by atoms with E-state index in [1.807, 2.05) is 7.76 Å². The third-order valence-corrected chi connectivity index (χ3v) is 14.2. The molecule has 3 rings (SSSR count). The standard InChI is InChI=1S/2C11H17.C2H4.2ClH.Ti/c2*1-2-3-4-5-8-11-9-6-7-10-11;1-2;;;/h2*6,9H,2-5,7-8H2,1H3;1-2H2;2*1H;/q;;;;;+2/p-2. The van der Waals surface area contributed by atoms with Gasteiger partial charge in [0.25, 0.3) is 0 Å². The Morgan fingerprint density at radius 2 is 1.11 bits per heavy atom. The van der Waals surface area contributed by atoms with Crippen LogP contribution in [-0.2, 0) is 16.6 Å². The minimum atomic E-state index is -1.81. The van der Waals surface area contributed by atoms with Crippen molar-refractivity contribution in [1.29, 1.82) is 0 Å². The van der Waals surface area contributed by atoms with Gasteiger partial charge in [0.1, 0.15) is 0 Å². The zero-order valence-corrected chi connectivity index (χ0v) is 20.5. The second-order valence-corrected chi connectivity index (χ2v) is 15.3. The number of unbranched alkanes of at least 4 members (excludes halogenated alkanes) is 6. The molecule has 1 saturated heterocycles. The van der Waals surface area contributed by atoms with Crippen LogP contribution in [0.5, 0.6) is 0 Å². The van der Waals surface area contributed by atoms with Crippen LogP contribution < -0.4 is 24.8 Å². The van der Waals surface area contributed by atoms with Gasteiger partial charge in [0.2, 0.25) is 0 Å². The Morgan fingerprint density at radius 3 is 1.48 bits per heavy atom. The molecule has 27 heavy (non-hydrogen) atoms. The van der Waals surface area contributed by atoms with E-state index in [1.54, 1.807) is 20.6 Å². The number of rotatable bonds is 12. The largest absolute Gasteiger partial charge is 1.00 e. The Balaban J connectivity index is 0.00000182. The molecule has 0 nitrogen and oxygen atoms in total. The minimum Gasteiger partial charge on any atom is -1.00 e. The summed E-state index contributed by atoms with van der Waals surface area (Å²) >= 11 is -1.81. The maximum absolute atomic E-state index is 2.51. The summed E-state index contributed by atoms with van der Waals surface area (Å²) in [6.07, 6.45) is 26.6. The molecular formula is C24H38Cl2Ti. The van der Waals surface area contributed by atoms with Gasteiger partial charge < -0.3 is 24.8 Å². The first kappa shape index (κ1) is 25.3. The Kier molecular flexibility index (Phi) is 11.9. The molecule has 0 saturated carbocycles. The van der Waals surface area contributed by atoms with E-state index in [2.05, 4.69) is 38.2 Å². The van der Waals surface area contributed by atoms with Gasteiger partial charge in [-0.3, -0.25) is 0 Å². The molecule has 0 aromatic carbocycles. The van der Waals surface area contributed by atoms with Crippen LogP contribution in [0.2, 0.25) is 9.45 Å². The molecule has 3 heteroatoms. The topological polar surface area (TPSA) is 0 Å². The summed E-state index contributed by atoms with van der Waals surface area (Å²) in [4.78, 5) is 0. The third-order valence-electron chi connectivity index (χ3n) is 6.56. The van der Waals surface area contributed by atoms with Crippen LogP contribution in [0.4, 0.5) is 0 Å². The SMILES string of the molecule is CCCCCCC1=[C]([Ti+2]2([C]3=C(CCCCCC)C=CC3)[CH2][CH2]2)CC=C1.[Cl-].[Cl-]. The molecular weight excluding hydrogens is 407 g/mol. The first-order valence-corrected chi connectivity index (χ1v) is 14.9. The van der Waals surface area contributed by atoms with Crippen molar-refractivity contribution < 1.29 is 41.4 Å². The Morgan fingerprint density at radius 1 is 0.667 bits per heavy atom. The Bertz CT molecular complexity index is 531. The molecule has 152 valence electrons. The first-order valence-electron chi connectivity index (χ1n) is 11.1. The fraction of sp³-hybridized carbons (Fsp3) is 0.667. The number of hydrogen-bond donors (Lipinski definition) is 0. The van der Waals surface area contributed by atoms with Crippen molar-refractivity contribution in [3.05, 3.63) is 43.2 Å². The van der Waals surface area contributed by atoms with Crippen LogP contribution in [0.15, 0.2) is 43.2 Å². The Hall–Kier alpha value is 0.254. The monoisotopic (exact) mass is 444 g/mol. The second-order valence-electron chi connectivity index (χ2n) is 8.42. The van der Waals surface area contributed by atoms with E-state index < -0.39 is 16.6 Å². The van der Waals surface area contributed by atoms with Crippen LogP contribution in [0, 0.1) is 0 Å². The summed E-state index contributed by atoms with van der Waals surface area (Å²) in [6, 6.07) is 0. The second kappa shape index (κ2) is 12.7. The average molecular weight is 445 g/mol. The van der Waals surface area contributed by atoms with Gasteiger partial charge in [0.05, 0.1) is 0 Å². The van der Waals surface area contributed by atoms with E-state index in [9.17, 15) is 0 Å². The molecule has 0 aromatic rings. The molecule has 2 aliphatic carbocycles. The smallest absolute Gasteiger partial charge is 1.00 e. The molecule has 1 heterocycles. The van der Waals surface area contributed by atoms with E-state index in [-0.39, 0.29) is 24.8 Å². The third kappa shape index (κ3) is 6.37. The molecule has 0 N–H and O–H groups in total. The summed E-state index contributed by atoms with van der Waals surface area (Å²) in [6.45, 7) is 4.63. The van der Waals surface area contributed by atoms with Crippen LogP contribution in [0.1, 0.15) is 90.9 Å². The molecule has 0 aromatic heterocycles. The fourth-order valence-corrected chi connectivity index (χ4v) is 13.6. The number of halogens is 2. The average Bonchev–Trinajstić information content (AvgIpc) is 3.06. The van der Waals surface area contributed by atoms with E-state index in [0.29, 0.717) is 0 Å². The molecule has 0 radical (unpaired) electrons. The summed E-state index contributed by atoms with van der Waals surface area (Å²) in [7, 11) is 0. The fourth-order valence-electron chi connectivity index (χ4n) is 4.97. The predicted molar refractivity (Wildman–Crippen MR) is 109 cm³/mol. The van der Waals surface area contributed by atoms with Crippen molar-refractivity contribution in [3.63, 3.8) is 0 Å². The van der Waals surface area contributed by atoms with Crippen LogP contribution in [0.25, 0.3) is 0 Å². The minimum absolute atomic E-state index is 0. The molecule has 1 fully saturated rings. The number of hydrogen-bond acceptors (Lipinski definition) is 0. The van der Waals surface area contributed by atoms with Crippen molar-refractivity contribution in [1.82, 2.24) is 0 Å². The zero-order chi connectivity index (χ0) is 17.5. The maximum atomic E-state index is 2.51. The molecule has 1 aliphatic heterocycles. The molecule has 0 atom stereocenters. The van der Waals surface area contributed by atoms with E-state index >= 15 is 0 Å². The molecule has 3 aliphatic rings. The van der Waals surface area contributed by atoms with Crippen molar-refractivity contribution in [2.24, 2.45) is 0 Å². The summed E-state index contributed by atoms with van der Waals surface area (Å²) < 4.78 is 7.21. The quantitative estimate of drug-likeness (QED) is 0.320. The van der Waals surface area contributed by atoms with Crippen LogP contribution in [-0.4, -0.2) is 0 Å².